The van der Waals surface area contributed by atoms with Crippen molar-refractivity contribution in [2.24, 2.45) is 5.92 Å². The second-order valence-electron chi connectivity index (χ2n) is 4.97. The van der Waals surface area contributed by atoms with E-state index in [1.165, 1.54) is 12.1 Å². The number of aromatic carboxylic acids is 1. The van der Waals surface area contributed by atoms with Gasteiger partial charge >= 0.3 is 5.97 Å². The van der Waals surface area contributed by atoms with Gasteiger partial charge in [-0.15, -0.1) is 0 Å². The first kappa shape index (κ1) is 13.0. The van der Waals surface area contributed by atoms with E-state index in [0.717, 1.165) is 25.9 Å². The van der Waals surface area contributed by atoms with Crippen molar-refractivity contribution in [2.75, 3.05) is 20.1 Å². The number of hydrogen-bond donors (Lipinski definition) is 1. The molecule has 1 N–H and O–H groups in total. The van der Waals surface area contributed by atoms with E-state index in [4.69, 9.17) is 5.11 Å². The molecule has 1 aliphatic rings. The van der Waals surface area contributed by atoms with E-state index < -0.39 is 12.1 Å². The number of hydrogen-bond acceptors (Lipinski definition) is 2. The minimum Gasteiger partial charge on any atom is -0.478 e. The van der Waals surface area contributed by atoms with E-state index in [-0.39, 0.29) is 11.5 Å². The Balaban J connectivity index is 2.04. The zero-order chi connectivity index (χ0) is 13.1. The third-order valence-electron chi connectivity index (χ3n) is 3.65. The number of halogens is 1. The number of carbonyl (C=O) groups is 1. The van der Waals surface area contributed by atoms with E-state index >= 15 is 0 Å². The van der Waals surface area contributed by atoms with Gasteiger partial charge < -0.3 is 10.0 Å². The molecule has 1 aromatic rings. The number of alkyl halides is 1. The van der Waals surface area contributed by atoms with Crippen LogP contribution in [0.3, 0.4) is 0 Å². The molecule has 2 rings (SSSR count). The number of benzene rings is 1. The average Bonchev–Trinajstić information content (AvgIpc) is 2.39. The second kappa shape index (κ2) is 5.48. The Kier molecular flexibility index (Phi) is 3.97. The fraction of sp³-hybridized carbons (Fsp3) is 0.500. The Morgan fingerprint density at radius 3 is 2.39 bits per heavy atom. The van der Waals surface area contributed by atoms with E-state index in [1.807, 2.05) is 7.05 Å². The second-order valence-corrected chi connectivity index (χ2v) is 4.97. The van der Waals surface area contributed by atoms with Crippen molar-refractivity contribution in [2.45, 2.75) is 19.0 Å². The number of piperidine rings is 1. The topological polar surface area (TPSA) is 40.5 Å². The molecule has 1 fully saturated rings. The molecule has 0 aliphatic carbocycles. The highest BCUT2D eigenvalue weighted by atomic mass is 19.1. The van der Waals surface area contributed by atoms with Crippen LogP contribution in [-0.2, 0) is 0 Å². The van der Waals surface area contributed by atoms with Crippen LogP contribution in [0.25, 0.3) is 0 Å². The van der Waals surface area contributed by atoms with Crippen molar-refractivity contribution in [3.63, 3.8) is 0 Å². The number of likely N-dealkylation sites (tertiary alicyclic amines) is 1. The molecule has 1 unspecified atom stereocenters. The lowest BCUT2D eigenvalue weighted by atomic mass is 9.88. The third kappa shape index (κ3) is 2.88. The lowest BCUT2D eigenvalue weighted by Crippen LogP contribution is -2.31. The molecule has 0 spiro atoms. The van der Waals surface area contributed by atoms with Gasteiger partial charge in [0.15, 0.2) is 0 Å². The van der Waals surface area contributed by atoms with Crippen molar-refractivity contribution in [1.29, 1.82) is 0 Å². The fourth-order valence-corrected chi connectivity index (χ4v) is 2.40. The van der Waals surface area contributed by atoms with Crippen LogP contribution < -0.4 is 0 Å². The lowest BCUT2D eigenvalue weighted by Gasteiger charge is -2.31. The SMILES string of the molecule is CN1CCC(C(F)c2ccc(C(=O)O)cc2)CC1. The summed E-state index contributed by atoms with van der Waals surface area (Å²) in [6.45, 7) is 1.86. The Hall–Kier alpha value is -1.42. The first-order chi connectivity index (χ1) is 8.58. The van der Waals surface area contributed by atoms with Crippen molar-refractivity contribution in [3.05, 3.63) is 35.4 Å². The van der Waals surface area contributed by atoms with Crippen LogP contribution >= 0.6 is 0 Å². The van der Waals surface area contributed by atoms with Crippen LogP contribution in [0.15, 0.2) is 24.3 Å². The van der Waals surface area contributed by atoms with Gasteiger partial charge in [0.1, 0.15) is 6.17 Å². The van der Waals surface area contributed by atoms with E-state index in [1.54, 1.807) is 12.1 Å². The Bertz CT molecular complexity index is 410. The van der Waals surface area contributed by atoms with Crippen LogP contribution in [0.2, 0.25) is 0 Å². The maximum absolute atomic E-state index is 14.3. The highest BCUT2D eigenvalue weighted by molar-refractivity contribution is 5.87. The fourth-order valence-electron chi connectivity index (χ4n) is 2.40. The molecule has 3 nitrogen and oxygen atoms in total. The largest absolute Gasteiger partial charge is 0.478 e. The number of rotatable bonds is 3. The monoisotopic (exact) mass is 251 g/mol. The molecule has 1 heterocycles. The molecule has 4 heteroatoms. The van der Waals surface area contributed by atoms with Crippen LogP contribution in [0.5, 0.6) is 0 Å². The summed E-state index contributed by atoms with van der Waals surface area (Å²) in [7, 11) is 2.05. The Morgan fingerprint density at radius 2 is 1.89 bits per heavy atom. The number of carboxylic acid groups (broad SMARTS) is 1. The molecule has 0 saturated carbocycles. The van der Waals surface area contributed by atoms with Gasteiger partial charge in [0, 0.05) is 0 Å². The predicted octanol–water partition coefficient (Wildman–Crippen LogP) is 2.74. The minimum absolute atomic E-state index is 0.0527. The molecule has 18 heavy (non-hydrogen) atoms. The van der Waals surface area contributed by atoms with Gasteiger partial charge in [-0.2, -0.15) is 0 Å². The first-order valence-electron chi connectivity index (χ1n) is 6.24. The summed E-state index contributed by atoms with van der Waals surface area (Å²) in [5.41, 5.74) is 0.795. The van der Waals surface area contributed by atoms with E-state index in [2.05, 4.69) is 4.90 Å². The molecule has 1 saturated heterocycles. The highest BCUT2D eigenvalue weighted by Crippen LogP contribution is 2.33. The van der Waals surface area contributed by atoms with Crippen LogP contribution in [0.1, 0.15) is 34.9 Å². The van der Waals surface area contributed by atoms with Gasteiger partial charge in [-0.25, -0.2) is 9.18 Å². The zero-order valence-electron chi connectivity index (χ0n) is 10.5. The van der Waals surface area contributed by atoms with Crippen molar-refractivity contribution >= 4 is 5.97 Å². The number of nitrogens with zero attached hydrogens (tertiary/aromatic N) is 1. The summed E-state index contributed by atoms with van der Waals surface area (Å²) in [5, 5.41) is 8.79. The van der Waals surface area contributed by atoms with E-state index in [9.17, 15) is 9.18 Å². The van der Waals surface area contributed by atoms with Gasteiger partial charge in [-0.3, -0.25) is 0 Å². The molecule has 0 radical (unpaired) electrons. The smallest absolute Gasteiger partial charge is 0.335 e. The van der Waals surface area contributed by atoms with Crippen molar-refractivity contribution in [1.82, 2.24) is 4.90 Å². The summed E-state index contributed by atoms with van der Waals surface area (Å²) >= 11 is 0. The summed E-state index contributed by atoms with van der Waals surface area (Å²) in [6, 6.07) is 6.12. The van der Waals surface area contributed by atoms with Gasteiger partial charge in [0.05, 0.1) is 5.56 Å². The summed E-state index contributed by atoms with van der Waals surface area (Å²) in [6.07, 6.45) is 0.734. The average molecular weight is 251 g/mol. The van der Waals surface area contributed by atoms with Crippen molar-refractivity contribution in [3.8, 4) is 0 Å². The molecule has 1 atom stereocenters. The standard InChI is InChI=1S/C14H18FNO2/c1-16-8-6-11(7-9-16)13(15)10-2-4-12(5-3-10)14(17)18/h2-5,11,13H,6-9H2,1H3,(H,17,18). The summed E-state index contributed by atoms with van der Waals surface area (Å²) in [4.78, 5) is 12.9. The molecular formula is C14H18FNO2. The normalized spacial score (nSPS) is 19.7. The van der Waals surface area contributed by atoms with Gasteiger partial charge in [0.25, 0.3) is 0 Å². The number of carboxylic acids is 1. The van der Waals surface area contributed by atoms with Crippen molar-refractivity contribution < 1.29 is 14.3 Å². The molecule has 0 aromatic heterocycles. The lowest BCUT2D eigenvalue weighted by molar-refractivity contribution is 0.0696. The first-order valence-corrected chi connectivity index (χ1v) is 6.24. The Morgan fingerprint density at radius 1 is 1.33 bits per heavy atom. The molecular weight excluding hydrogens is 233 g/mol. The quantitative estimate of drug-likeness (QED) is 0.898. The van der Waals surface area contributed by atoms with Crippen LogP contribution in [0.4, 0.5) is 4.39 Å². The zero-order valence-corrected chi connectivity index (χ0v) is 10.5. The molecule has 98 valence electrons. The van der Waals surface area contributed by atoms with Crippen LogP contribution in [0, 0.1) is 5.92 Å². The maximum Gasteiger partial charge on any atom is 0.335 e. The van der Waals surface area contributed by atoms with Gasteiger partial charge in [-0.1, -0.05) is 12.1 Å². The van der Waals surface area contributed by atoms with Crippen LogP contribution in [-0.4, -0.2) is 36.1 Å². The molecule has 0 amide bonds. The summed E-state index contributed by atoms with van der Waals surface area (Å²) < 4.78 is 14.3. The molecule has 1 aromatic carbocycles. The Labute approximate surface area is 106 Å². The highest BCUT2D eigenvalue weighted by Gasteiger charge is 2.26. The summed E-state index contributed by atoms with van der Waals surface area (Å²) in [5.74, 6) is -0.923. The predicted molar refractivity (Wildman–Crippen MR) is 67.5 cm³/mol. The maximum atomic E-state index is 14.3. The van der Waals surface area contributed by atoms with E-state index in [0.29, 0.717) is 5.56 Å². The molecule has 0 bridgehead atoms. The minimum atomic E-state index is -0.985. The van der Waals surface area contributed by atoms with Gasteiger partial charge in [0.2, 0.25) is 0 Å². The van der Waals surface area contributed by atoms with Gasteiger partial charge in [-0.05, 0) is 56.6 Å². The molecule has 1 aliphatic heterocycles. The third-order valence-corrected chi connectivity index (χ3v) is 3.65.